The molecule has 0 spiro atoms. The fourth-order valence-corrected chi connectivity index (χ4v) is 3.19. The molecule has 20 heavy (non-hydrogen) atoms. The average molecular weight is 288 g/mol. The van der Waals surface area contributed by atoms with E-state index >= 15 is 0 Å². The van der Waals surface area contributed by atoms with Gasteiger partial charge in [-0.2, -0.15) is 0 Å². The summed E-state index contributed by atoms with van der Waals surface area (Å²) in [4.78, 5) is 12.9. The smallest absolute Gasteiger partial charge is 0.278 e. The van der Waals surface area contributed by atoms with Crippen molar-refractivity contribution in [3.05, 3.63) is 51.4 Å². The summed E-state index contributed by atoms with van der Waals surface area (Å²) in [5.41, 5.74) is 0.878. The van der Waals surface area contributed by atoms with E-state index < -0.39 is 0 Å². The Hall–Kier alpha value is -1.72. The van der Waals surface area contributed by atoms with Gasteiger partial charge < -0.3 is 5.32 Å². The number of para-hydroxylation sites is 1. The van der Waals surface area contributed by atoms with E-state index in [1.54, 1.807) is 23.5 Å². The van der Waals surface area contributed by atoms with Gasteiger partial charge in [-0.25, -0.2) is 0 Å². The molecule has 104 valence electrons. The molecule has 0 amide bonds. The molecule has 1 saturated carbocycles. The minimum atomic E-state index is -0.319. The second kappa shape index (κ2) is 5.73. The van der Waals surface area contributed by atoms with Crippen molar-refractivity contribution in [1.29, 1.82) is 0 Å². The highest BCUT2D eigenvalue weighted by atomic mass is 32.1. The summed E-state index contributed by atoms with van der Waals surface area (Å²) in [5, 5.41) is 14.5. The topological polar surface area (TPSA) is 55.2 Å². The van der Waals surface area contributed by atoms with Gasteiger partial charge in [0, 0.05) is 22.4 Å². The molecule has 2 aromatic rings. The van der Waals surface area contributed by atoms with Gasteiger partial charge in [-0.3, -0.25) is 10.1 Å². The van der Waals surface area contributed by atoms with E-state index in [0.717, 1.165) is 23.9 Å². The average Bonchev–Trinajstić information content (AvgIpc) is 3.15. The number of thiophene rings is 1. The Balaban J connectivity index is 1.73. The van der Waals surface area contributed by atoms with Crippen molar-refractivity contribution in [1.82, 2.24) is 5.32 Å². The van der Waals surface area contributed by atoms with Crippen molar-refractivity contribution >= 4 is 17.0 Å². The summed E-state index contributed by atoms with van der Waals surface area (Å²) in [6, 6.07) is 10.9. The molecule has 0 bridgehead atoms. The van der Waals surface area contributed by atoms with E-state index in [2.05, 4.69) is 11.4 Å². The highest BCUT2D eigenvalue weighted by molar-refractivity contribution is 7.15. The van der Waals surface area contributed by atoms with E-state index in [-0.39, 0.29) is 10.6 Å². The maximum absolute atomic E-state index is 11.1. The summed E-state index contributed by atoms with van der Waals surface area (Å²) in [5.74, 6) is 0.865. The summed E-state index contributed by atoms with van der Waals surface area (Å²) in [6.45, 7) is 1.93. The molecule has 1 aromatic carbocycles. The number of hydrogen-bond acceptors (Lipinski definition) is 4. The number of nitro groups is 1. The Kier molecular flexibility index (Phi) is 3.80. The Labute approximate surface area is 121 Å². The van der Waals surface area contributed by atoms with Gasteiger partial charge in [0.1, 0.15) is 0 Å². The number of nitro benzene ring substituents is 1. The lowest BCUT2D eigenvalue weighted by Gasteiger charge is -2.01. The van der Waals surface area contributed by atoms with Gasteiger partial charge in [-0.05, 0) is 43.5 Å². The van der Waals surface area contributed by atoms with Crippen LogP contribution in [0.25, 0.3) is 10.4 Å². The van der Waals surface area contributed by atoms with Gasteiger partial charge in [0.25, 0.3) is 5.69 Å². The van der Waals surface area contributed by atoms with Crippen molar-refractivity contribution in [2.45, 2.75) is 19.4 Å². The SMILES string of the molecule is O=[N+]([O-])c1ccccc1-c1ccc(CNCC2CC2)s1. The van der Waals surface area contributed by atoms with E-state index in [9.17, 15) is 10.1 Å². The third-order valence-electron chi connectivity index (χ3n) is 3.46. The van der Waals surface area contributed by atoms with Crippen LogP contribution in [0.1, 0.15) is 17.7 Å². The normalized spacial score (nSPS) is 14.4. The Morgan fingerprint density at radius 1 is 1.25 bits per heavy atom. The number of hydrogen-bond donors (Lipinski definition) is 1. The molecule has 3 rings (SSSR count). The third-order valence-corrected chi connectivity index (χ3v) is 4.58. The lowest BCUT2D eigenvalue weighted by atomic mass is 10.1. The molecule has 0 saturated heterocycles. The zero-order valence-electron chi connectivity index (χ0n) is 11.0. The van der Waals surface area contributed by atoms with Gasteiger partial charge >= 0.3 is 0 Å². The largest absolute Gasteiger partial charge is 0.312 e. The first-order valence-corrected chi connectivity index (χ1v) is 7.59. The van der Waals surface area contributed by atoms with Crippen LogP contribution in [0, 0.1) is 16.0 Å². The number of rotatable bonds is 6. The van der Waals surface area contributed by atoms with Crippen LogP contribution in [-0.2, 0) is 6.54 Å². The van der Waals surface area contributed by atoms with Crippen molar-refractivity contribution < 1.29 is 4.92 Å². The van der Waals surface area contributed by atoms with Gasteiger partial charge in [0.05, 0.1) is 10.5 Å². The second-order valence-electron chi connectivity index (χ2n) is 5.11. The molecule has 1 fully saturated rings. The molecular formula is C15H16N2O2S. The summed E-state index contributed by atoms with van der Waals surface area (Å²) >= 11 is 1.62. The van der Waals surface area contributed by atoms with Gasteiger partial charge in [-0.15, -0.1) is 11.3 Å². The van der Waals surface area contributed by atoms with Crippen molar-refractivity contribution in [2.24, 2.45) is 5.92 Å². The minimum Gasteiger partial charge on any atom is -0.312 e. The summed E-state index contributed by atoms with van der Waals surface area (Å²) < 4.78 is 0. The second-order valence-corrected chi connectivity index (χ2v) is 6.28. The van der Waals surface area contributed by atoms with Gasteiger partial charge in [0.2, 0.25) is 0 Å². The van der Waals surface area contributed by atoms with Crippen molar-refractivity contribution in [3.63, 3.8) is 0 Å². The van der Waals surface area contributed by atoms with Crippen molar-refractivity contribution in [3.8, 4) is 10.4 Å². The van der Waals surface area contributed by atoms with E-state index in [4.69, 9.17) is 0 Å². The van der Waals surface area contributed by atoms with Crippen LogP contribution in [0.2, 0.25) is 0 Å². The predicted molar refractivity (Wildman–Crippen MR) is 80.8 cm³/mol. The van der Waals surface area contributed by atoms with E-state index in [0.29, 0.717) is 5.56 Å². The fraction of sp³-hybridized carbons (Fsp3) is 0.333. The summed E-state index contributed by atoms with van der Waals surface area (Å²) in [7, 11) is 0. The molecule has 1 aromatic heterocycles. The highest BCUT2D eigenvalue weighted by Gasteiger charge is 2.20. The van der Waals surface area contributed by atoms with E-state index in [1.165, 1.54) is 17.7 Å². The zero-order chi connectivity index (χ0) is 13.9. The molecule has 0 radical (unpaired) electrons. The zero-order valence-corrected chi connectivity index (χ0v) is 11.9. The van der Waals surface area contributed by atoms with Gasteiger partial charge in [-0.1, -0.05) is 12.1 Å². The van der Waals surface area contributed by atoms with Crippen LogP contribution in [-0.4, -0.2) is 11.5 Å². The minimum absolute atomic E-state index is 0.173. The first kappa shape index (κ1) is 13.3. The molecule has 0 unspecified atom stereocenters. The lowest BCUT2D eigenvalue weighted by molar-refractivity contribution is -0.384. The van der Waals surface area contributed by atoms with Gasteiger partial charge in [0.15, 0.2) is 0 Å². The molecule has 0 atom stereocenters. The van der Waals surface area contributed by atoms with Crippen LogP contribution in [0.3, 0.4) is 0 Å². The van der Waals surface area contributed by atoms with Crippen LogP contribution < -0.4 is 5.32 Å². The number of nitrogens with one attached hydrogen (secondary N) is 1. The standard InChI is InChI=1S/C15H16N2O2S/c18-17(19)14-4-2-1-3-13(14)15-8-7-12(20-15)10-16-9-11-5-6-11/h1-4,7-8,11,16H,5-6,9-10H2. The van der Waals surface area contributed by atoms with Crippen LogP contribution in [0.4, 0.5) is 5.69 Å². The summed E-state index contributed by atoms with van der Waals surface area (Å²) in [6.07, 6.45) is 2.69. The van der Waals surface area contributed by atoms with Crippen LogP contribution >= 0.6 is 11.3 Å². The van der Waals surface area contributed by atoms with Crippen LogP contribution in [0.15, 0.2) is 36.4 Å². The third kappa shape index (κ3) is 3.05. The molecule has 1 aliphatic rings. The highest BCUT2D eigenvalue weighted by Crippen LogP contribution is 2.34. The maximum Gasteiger partial charge on any atom is 0.278 e. The lowest BCUT2D eigenvalue weighted by Crippen LogP contribution is -2.15. The molecule has 1 aliphatic carbocycles. The maximum atomic E-state index is 11.1. The Morgan fingerprint density at radius 3 is 2.80 bits per heavy atom. The Morgan fingerprint density at radius 2 is 2.05 bits per heavy atom. The monoisotopic (exact) mass is 288 g/mol. The predicted octanol–water partition coefficient (Wildman–Crippen LogP) is 3.82. The molecule has 1 N–H and O–H groups in total. The first-order valence-electron chi connectivity index (χ1n) is 6.77. The van der Waals surface area contributed by atoms with Crippen LogP contribution in [0.5, 0.6) is 0 Å². The molecule has 1 heterocycles. The van der Waals surface area contributed by atoms with E-state index in [1.807, 2.05) is 18.2 Å². The molecular weight excluding hydrogens is 272 g/mol. The van der Waals surface area contributed by atoms with Crippen molar-refractivity contribution in [2.75, 3.05) is 6.54 Å². The number of benzene rings is 1. The Bertz CT molecular complexity index is 620. The fourth-order valence-electron chi connectivity index (χ4n) is 2.18. The molecule has 4 nitrogen and oxygen atoms in total. The number of nitrogens with zero attached hydrogens (tertiary/aromatic N) is 1. The first-order chi connectivity index (χ1) is 9.74. The quantitative estimate of drug-likeness (QED) is 0.649. The molecule has 5 heteroatoms. The molecule has 0 aliphatic heterocycles.